The van der Waals surface area contributed by atoms with E-state index >= 15 is 0 Å². The third-order valence-electron chi connectivity index (χ3n) is 3.72. The monoisotopic (exact) mass is 277 g/mol. The first-order chi connectivity index (χ1) is 8.44. The van der Waals surface area contributed by atoms with Gasteiger partial charge in [-0.15, -0.1) is 0 Å². The number of piperidine rings is 1. The highest BCUT2D eigenvalue weighted by molar-refractivity contribution is 7.92. The van der Waals surface area contributed by atoms with Gasteiger partial charge in [0.1, 0.15) is 0 Å². The Kier molecular flexibility index (Phi) is 4.31. The van der Waals surface area contributed by atoms with E-state index in [1.165, 1.54) is 0 Å². The summed E-state index contributed by atoms with van der Waals surface area (Å²) >= 11 is 0. The molecule has 0 radical (unpaired) electrons. The zero-order valence-electron chi connectivity index (χ0n) is 11.2. The van der Waals surface area contributed by atoms with E-state index in [2.05, 4.69) is 4.90 Å². The van der Waals surface area contributed by atoms with Crippen molar-refractivity contribution in [2.24, 2.45) is 0 Å². The number of hydrogen-bond acceptors (Lipinski definition) is 5. The molecule has 0 aromatic heterocycles. The van der Waals surface area contributed by atoms with Crippen molar-refractivity contribution in [3.63, 3.8) is 0 Å². The van der Waals surface area contributed by atoms with Crippen molar-refractivity contribution in [3.05, 3.63) is 0 Å². The van der Waals surface area contributed by atoms with Crippen LogP contribution in [0.15, 0.2) is 0 Å². The summed E-state index contributed by atoms with van der Waals surface area (Å²) < 4.78 is 34.9. The highest BCUT2D eigenvalue weighted by atomic mass is 32.2. The van der Waals surface area contributed by atoms with E-state index in [-0.39, 0.29) is 11.0 Å². The third kappa shape index (κ3) is 3.23. The highest BCUT2D eigenvalue weighted by Gasteiger charge is 2.40. The van der Waals surface area contributed by atoms with Crippen LogP contribution in [0.5, 0.6) is 0 Å². The molecule has 2 heterocycles. The molecule has 0 aliphatic carbocycles. The number of rotatable bonds is 4. The second-order valence-electron chi connectivity index (χ2n) is 5.40. The first-order valence-electron chi connectivity index (χ1n) is 6.65. The summed E-state index contributed by atoms with van der Waals surface area (Å²) in [7, 11) is -2.96. The Balaban J connectivity index is 1.87. The maximum atomic E-state index is 11.8. The molecule has 0 aromatic carbocycles. The number of hydrogen-bond donors (Lipinski definition) is 0. The summed E-state index contributed by atoms with van der Waals surface area (Å²) in [6, 6.07) is 0. The van der Waals surface area contributed by atoms with Crippen LogP contribution in [0.1, 0.15) is 26.7 Å². The molecule has 106 valence electrons. The molecule has 2 fully saturated rings. The van der Waals surface area contributed by atoms with Crippen molar-refractivity contribution in [2.75, 3.05) is 38.6 Å². The van der Waals surface area contributed by atoms with Crippen LogP contribution in [0.25, 0.3) is 0 Å². The van der Waals surface area contributed by atoms with Crippen molar-refractivity contribution in [1.82, 2.24) is 4.90 Å². The normalized spacial score (nSPS) is 25.1. The number of ether oxygens (including phenoxy) is 2. The van der Waals surface area contributed by atoms with Gasteiger partial charge in [0.2, 0.25) is 0 Å². The van der Waals surface area contributed by atoms with Gasteiger partial charge in [-0.3, -0.25) is 4.90 Å². The first-order valence-corrected chi connectivity index (χ1v) is 8.37. The lowest BCUT2D eigenvalue weighted by atomic mass is 10.0. The van der Waals surface area contributed by atoms with Gasteiger partial charge in [-0.25, -0.2) is 8.42 Å². The van der Waals surface area contributed by atoms with Crippen LogP contribution in [0, 0.1) is 0 Å². The number of likely N-dealkylation sites (tertiary alicyclic amines) is 1. The van der Waals surface area contributed by atoms with Crippen molar-refractivity contribution in [1.29, 1.82) is 0 Å². The molecule has 1 spiro atoms. The van der Waals surface area contributed by atoms with E-state index in [1.807, 2.05) is 0 Å². The molecule has 0 amide bonds. The summed E-state index contributed by atoms with van der Waals surface area (Å²) in [6.45, 7) is 6.97. The van der Waals surface area contributed by atoms with E-state index in [0.29, 0.717) is 26.3 Å². The molecule has 0 saturated carbocycles. The van der Waals surface area contributed by atoms with Gasteiger partial charge < -0.3 is 9.47 Å². The Labute approximate surface area is 109 Å². The smallest absolute Gasteiger partial charge is 0.181 e. The minimum absolute atomic E-state index is 0.223. The quantitative estimate of drug-likeness (QED) is 0.755. The Morgan fingerprint density at radius 1 is 1.28 bits per heavy atom. The summed E-state index contributed by atoms with van der Waals surface area (Å²) in [5.41, 5.74) is 0. The molecular formula is C12H23NO4S. The summed E-state index contributed by atoms with van der Waals surface area (Å²) in [5.74, 6) is -0.236. The third-order valence-corrected chi connectivity index (χ3v) is 5.91. The standard InChI is InChI=1S/C12H23NO4S/c1-11(2)18(14,15)9-6-13-5-3-4-12(10-13)16-7-8-17-12/h11H,3-10H2,1-2H3. The minimum Gasteiger partial charge on any atom is -0.346 e. The van der Waals surface area contributed by atoms with Gasteiger partial charge in [0.15, 0.2) is 15.6 Å². The van der Waals surface area contributed by atoms with E-state index in [4.69, 9.17) is 9.47 Å². The molecule has 0 atom stereocenters. The molecule has 0 bridgehead atoms. The summed E-state index contributed by atoms with van der Waals surface area (Å²) in [6.07, 6.45) is 1.92. The average molecular weight is 277 g/mol. The lowest BCUT2D eigenvalue weighted by Gasteiger charge is -2.38. The van der Waals surface area contributed by atoms with Gasteiger partial charge in [-0.05, 0) is 26.8 Å². The minimum atomic E-state index is -2.96. The Morgan fingerprint density at radius 2 is 1.94 bits per heavy atom. The molecule has 6 heteroatoms. The average Bonchev–Trinajstić information content (AvgIpc) is 2.75. The lowest BCUT2D eigenvalue weighted by Crippen LogP contribution is -2.50. The van der Waals surface area contributed by atoms with Gasteiger partial charge >= 0.3 is 0 Å². The second-order valence-corrected chi connectivity index (χ2v) is 8.08. The fourth-order valence-corrected chi connectivity index (χ4v) is 3.47. The predicted molar refractivity (Wildman–Crippen MR) is 69.2 cm³/mol. The SMILES string of the molecule is CC(C)S(=O)(=O)CCN1CCCC2(C1)OCCO2. The van der Waals surface area contributed by atoms with Crippen LogP contribution in [0.2, 0.25) is 0 Å². The van der Waals surface area contributed by atoms with Crippen LogP contribution < -0.4 is 0 Å². The van der Waals surface area contributed by atoms with Crippen molar-refractivity contribution >= 4 is 9.84 Å². The van der Waals surface area contributed by atoms with Gasteiger partial charge in [-0.1, -0.05) is 0 Å². The Bertz CT molecular complexity index is 374. The van der Waals surface area contributed by atoms with E-state index in [0.717, 1.165) is 19.4 Å². The van der Waals surface area contributed by atoms with Crippen molar-refractivity contribution in [2.45, 2.75) is 37.7 Å². The van der Waals surface area contributed by atoms with Crippen LogP contribution in [0.3, 0.4) is 0 Å². The molecule has 2 rings (SSSR count). The molecule has 2 aliphatic rings. The Morgan fingerprint density at radius 3 is 2.56 bits per heavy atom. The van der Waals surface area contributed by atoms with Crippen LogP contribution in [0.4, 0.5) is 0 Å². The molecule has 18 heavy (non-hydrogen) atoms. The lowest BCUT2D eigenvalue weighted by molar-refractivity contribution is -0.188. The van der Waals surface area contributed by atoms with Gasteiger partial charge in [-0.2, -0.15) is 0 Å². The topological polar surface area (TPSA) is 55.8 Å². The van der Waals surface area contributed by atoms with Crippen LogP contribution >= 0.6 is 0 Å². The van der Waals surface area contributed by atoms with E-state index in [9.17, 15) is 8.42 Å². The van der Waals surface area contributed by atoms with Crippen LogP contribution in [-0.4, -0.2) is 63.0 Å². The van der Waals surface area contributed by atoms with Crippen molar-refractivity contribution in [3.8, 4) is 0 Å². The fraction of sp³-hybridized carbons (Fsp3) is 1.00. The zero-order valence-corrected chi connectivity index (χ0v) is 12.0. The van der Waals surface area contributed by atoms with Gasteiger partial charge in [0.25, 0.3) is 0 Å². The van der Waals surface area contributed by atoms with Crippen molar-refractivity contribution < 1.29 is 17.9 Å². The first kappa shape index (κ1) is 14.2. The summed E-state index contributed by atoms with van der Waals surface area (Å²) in [5, 5.41) is -0.296. The maximum absolute atomic E-state index is 11.8. The summed E-state index contributed by atoms with van der Waals surface area (Å²) in [4.78, 5) is 2.15. The number of nitrogens with zero attached hydrogens (tertiary/aromatic N) is 1. The number of sulfone groups is 1. The van der Waals surface area contributed by atoms with E-state index < -0.39 is 15.6 Å². The molecular weight excluding hydrogens is 254 g/mol. The molecule has 0 unspecified atom stereocenters. The molecule has 2 saturated heterocycles. The molecule has 2 aliphatic heterocycles. The predicted octanol–water partition coefficient (Wildman–Crippen LogP) is 0.648. The van der Waals surface area contributed by atoms with E-state index in [1.54, 1.807) is 13.8 Å². The molecule has 5 nitrogen and oxygen atoms in total. The molecule has 0 N–H and O–H groups in total. The maximum Gasteiger partial charge on any atom is 0.181 e. The van der Waals surface area contributed by atoms with Gasteiger partial charge in [0.05, 0.1) is 30.8 Å². The Hall–Kier alpha value is -0.170. The fourth-order valence-electron chi connectivity index (χ4n) is 2.49. The zero-order chi connectivity index (χ0) is 13.2. The second kappa shape index (κ2) is 5.45. The largest absolute Gasteiger partial charge is 0.346 e. The highest BCUT2D eigenvalue weighted by Crippen LogP contribution is 2.29. The van der Waals surface area contributed by atoms with Crippen LogP contribution in [-0.2, 0) is 19.3 Å². The van der Waals surface area contributed by atoms with Gasteiger partial charge in [0, 0.05) is 13.0 Å². The molecule has 0 aromatic rings.